The van der Waals surface area contributed by atoms with Crippen LogP contribution in [0.2, 0.25) is 18.1 Å². The van der Waals surface area contributed by atoms with Crippen molar-refractivity contribution in [3.63, 3.8) is 0 Å². The molecule has 0 aromatic rings. The van der Waals surface area contributed by atoms with Gasteiger partial charge in [-0.05, 0) is 31.5 Å². The zero-order chi connectivity index (χ0) is 22.8. The van der Waals surface area contributed by atoms with Gasteiger partial charge in [-0.1, -0.05) is 98.3 Å². The maximum atomic E-state index is 12.4. The van der Waals surface area contributed by atoms with Crippen LogP contribution >= 0.6 is 0 Å². The fraction of sp³-hybridized carbons (Fsp3) is 0.960. The van der Waals surface area contributed by atoms with E-state index in [0.29, 0.717) is 6.42 Å². The maximum absolute atomic E-state index is 12.4. The second-order valence-corrected chi connectivity index (χ2v) is 15.7. The van der Waals surface area contributed by atoms with Crippen LogP contribution in [0.1, 0.15) is 112 Å². The molecule has 0 saturated carbocycles. The number of ether oxygens (including phenoxy) is 1. The Morgan fingerprint density at radius 1 is 0.967 bits per heavy atom. The molecular formula is C25H50O4Si. The number of carbonyl (C=O) groups excluding carboxylic acids is 1. The van der Waals surface area contributed by atoms with E-state index < -0.39 is 20.3 Å². The van der Waals surface area contributed by atoms with Crippen molar-refractivity contribution in [3.05, 3.63) is 0 Å². The molecule has 0 aromatic carbocycles. The number of cyclic esters (lactones) is 1. The van der Waals surface area contributed by atoms with Gasteiger partial charge in [0.2, 0.25) is 0 Å². The Hall–Kier alpha value is -0.393. The molecule has 4 nitrogen and oxygen atoms in total. The molecule has 0 radical (unpaired) electrons. The predicted molar refractivity (Wildman–Crippen MR) is 128 cm³/mol. The first-order chi connectivity index (χ1) is 14.0. The molecule has 0 aliphatic carbocycles. The number of hydrogen-bond acceptors (Lipinski definition) is 4. The third kappa shape index (κ3) is 9.00. The molecule has 0 amide bonds. The van der Waals surface area contributed by atoms with Crippen LogP contribution < -0.4 is 0 Å². The molecule has 1 heterocycles. The number of rotatable bonds is 15. The second-order valence-electron chi connectivity index (χ2n) is 10.9. The van der Waals surface area contributed by atoms with Gasteiger partial charge in [0.1, 0.15) is 12.0 Å². The van der Waals surface area contributed by atoms with E-state index in [2.05, 4.69) is 40.8 Å². The van der Waals surface area contributed by atoms with E-state index in [-0.39, 0.29) is 23.2 Å². The van der Waals surface area contributed by atoms with Gasteiger partial charge < -0.3 is 14.3 Å². The number of esters is 1. The molecule has 1 saturated heterocycles. The van der Waals surface area contributed by atoms with Crippen molar-refractivity contribution >= 4 is 14.3 Å². The molecule has 0 aromatic heterocycles. The van der Waals surface area contributed by atoms with Crippen LogP contribution in [-0.4, -0.2) is 37.7 Å². The molecule has 1 aliphatic rings. The minimum absolute atomic E-state index is 0.0594. The molecule has 1 rings (SSSR count). The summed E-state index contributed by atoms with van der Waals surface area (Å²) in [6.07, 6.45) is 13.4. The Morgan fingerprint density at radius 2 is 1.43 bits per heavy atom. The summed E-state index contributed by atoms with van der Waals surface area (Å²) in [5.74, 6) is -0.834. The largest absolute Gasteiger partial charge is 0.460 e. The van der Waals surface area contributed by atoms with Crippen molar-refractivity contribution in [2.75, 3.05) is 0 Å². The van der Waals surface area contributed by atoms with Crippen LogP contribution in [0.4, 0.5) is 0 Å². The lowest BCUT2D eigenvalue weighted by Gasteiger charge is -2.40. The fourth-order valence-corrected chi connectivity index (χ4v) is 5.39. The van der Waals surface area contributed by atoms with Gasteiger partial charge >= 0.3 is 5.97 Å². The van der Waals surface area contributed by atoms with Gasteiger partial charge in [0, 0.05) is 0 Å². The van der Waals surface area contributed by atoms with Crippen LogP contribution in [-0.2, 0) is 14.0 Å². The first kappa shape index (κ1) is 27.6. The highest BCUT2D eigenvalue weighted by Crippen LogP contribution is 2.41. The Labute approximate surface area is 187 Å². The number of unbranched alkanes of at least 4 members (excludes halogenated alkanes) is 10. The minimum Gasteiger partial charge on any atom is -0.460 e. The van der Waals surface area contributed by atoms with E-state index in [4.69, 9.17) is 9.16 Å². The Kier molecular flexibility index (Phi) is 12.2. The smallest absolute Gasteiger partial charge is 0.314 e. The van der Waals surface area contributed by atoms with E-state index >= 15 is 0 Å². The Bertz CT molecular complexity index is 486. The lowest BCUT2D eigenvalue weighted by atomic mass is 9.92. The number of aliphatic hydroxyl groups is 1. The van der Waals surface area contributed by atoms with Gasteiger partial charge in [0.15, 0.2) is 8.32 Å². The first-order valence-corrected chi connectivity index (χ1v) is 15.5. The average Bonchev–Trinajstić information content (AvgIpc) is 2.91. The molecule has 1 fully saturated rings. The summed E-state index contributed by atoms with van der Waals surface area (Å²) in [7, 11) is -2.04. The topological polar surface area (TPSA) is 55.8 Å². The summed E-state index contributed by atoms with van der Waals surface area (Å²) in [4.78, 5) is 12.4. The van der Waals surface area contributed by atoms with Crippen molar-refractivity contribution in [2.24, 2.45) is 5.92 Å². The molecule has 1 N–H and O–H groups in total. The number of carbonyl (C=O) groups is 1. The highest BCUT2D eigenvalue weighted by Gasteiger charge is 2.51. The van der Waals surface area contributed by atoms with Crippen molar-refractivity contribution in [1.29, 1.82) is 0 Å². The van der Waals surface area contributed by atoms with Crippen LogP contribution in [0.25, 0.3) is 0 Å². The van der Waals surface area contributed by atoms with Crippen LogP contribution in [0.15, 0.2) is 0 Å². The van der Waals surface area contributed by atoms with Crippen molar-refractivity contribution in [1.82, 2.24) is 0 Å². The van der Waals surface area contributed by atoms with Gasteiger partial charge in [0.25, 0.3) is 0 Å². The highest BCUT2D eigenvalue weighted by atomic mass is 28.4. The van der Waals surface area contributed by atoms with Gasteiger partial charge in [-0.25, -0.2) is 0 Å². The average molecular weight is 443 g/mol. The molecule has 30 heavy (non-hydrogen) atoms. The van der Waals surface area contributed by atoms with E-state index in [9.17, 15) is 9.90 Å². The summed E-state index contributed by atoms with van der Waals surface area (Å²) >= 11 is 0. The van der Waals surface area contributed by atoms with Crippen molar-refractivity contribution < 1.29 is 19.1 Å². The normalized spacial score (nSPS) is 23.6. The van der Waals surface area contributed by atoms with Crippen molar-refractivity contribution in [3.8, 4) is 0 Å². The van der Waals surface area contributed by atoms with Crippen LogP contribution in [0, 0.1) is 5.92 Å². The first-order valence-electron chi connectivity index (χ1n) is 12.6. The zero-order valence-electron chi connectivity index (χ0n) is 21.0. The third-order valence-electron chi connectivity index (χ3n) is 7.15. The predicted octanol–water partition coefficient (Wildman–Crippen LogP) is 7.00. The molecular weight excluding hydrogens is 392 g/mol. The number of hydrogen-bond donors (Lipinski definition) is 1. The molecule has 0 spiro atoms. The SMILES string of the molecule is CCCCCCCCCCCCCC(O)[C@@H]1C(=O)O[C@@H](C)[C@H]1O[Si](C)(C)C(C)(C)C. The third-order valence-corrected chi connectivity index (χ3v) is 11.6. The molecule has 1 unspecified atom stereocenters. The van der Waals surface area contributed by atoms with Gasteiger partial charge in [-0.3, -0.25) is 4.79 Å². The van der Waals surface area contributed by atoms with E-state index in [1.54, 1.807) is 0 Å². The summed E-state index contributed by atoms with van der Waals surface area (Å²) in [5.41, 5.74) is 0. The van der Waals surface area contributed by atoms with E-state index in [1.165, 1.54) is 57.8 Å². The Balaban J connectivity index is 2.33. The molecule has 5 heteroatoms. The lowest BCUT2D eigenvalue weighted by Crippen LogP contribution is -2.49. The summed E-state index contributed by atoms with van der Waals surface area (Å²) < 4.78 is 12.0. The lowest BCUT2D eigenvalue weighted by molar-refractivity contribution is -0.146. The minimum atomic E-state index is -2.04. The Morgan fingerprint density at radius 3 is 1.90 bits per heavy atom. The maximum Gasteiger partial charge on any atom is 0.314 e. The summed E-state index contributed by atoms with van der Waals surface area (Å²) in [6, 6.07) is 0. The standard InChI is InChI=1S/C25H50O4Si/c1-8-9-10-11-12-13-14-15-16-17-18-19-21(26)22-23(20(2)28-24(22)27)29-30(6,7)25(3,4)5/h20-23,26H,8-19H2,1-7H3/t20-,21?,22-,23+/m0/s1. The summed E-state index contributed by atoms with van der Waals surface area (Å²) in [5, 5.41) is 10.8. The molecule has 178 valence electrons. The quantitative estimate of drug-likeness (QED) is 0.168. The van der Waals surface area contributed by atoms with Crippen LogP contribution in [0.3, 0.4) is 0 Å². The molecule has 4 atom stereocenters. The molecule has 1 aliphatic heterocycles. The zero-order valence-corrected chi connectivity index (χ0v) is 22.0. The monoisotopic (exact) mass is 442 g/mol. The second kappa shape index (κ2) is 13.2. The van der Waals surface area contributed by atoms with Gasteiger partial charge in [0.05, 0.1) is 12.2 Å². The van der Waals surface area contributed by atoms with Gasteiger partial charge in [-0.15, -0.1) is 0 Å². The van der Waals surface area contributed by atoms with Crippen molar-refractivity contribution in [2.45, 2.75) is 148 Å². The fourth-order valence-electron chi connectivity index (χ4n) is 4.01. The number of aliphatic hydroxyl groups excluding tert-OH is 1. The van der Waals surface area contributed by atoms with Gasteiger partial charge in [-0.2, -0.15) is 0 Å². The van der Waals surface area contributed by atoms with E-state index in [0.717, 1.165) is 12.8 Å². The van der Waals surface area contributed by atoms with E-state index in [1.807, 2.05) is 6.92 Å². The molecule has 0 bridgehead atoms. The summed E-state index contributed by atoms with van der Waals surface area (Å²) in [6.45, 7) is 15.1. The van der Waals surface area contributed by atoms with Crippen LogP contribution in [0.5, 0.6) is 0 Å². The highest BCUT2D eigenvalue weighted by molar-refractivity contribution is 6.74.